The van der Waals surface area contributed by atoms with Gasteiger partial charge in [-0.1, -0.05) is 43.7 Å². The number of rotatable bonds is 8. The molecule has 5 nitrogen and oxygen atoms in total. The minimum Gasteiger partial charge on any atom is -0.337 e. The first-order valence-corrected chi connectivity index (χ1v) is 13.2. The van der Waals surface area contributed by atoms with Crippen LogP contribution in [0.15, 0.2) is 54.6 Å². The number of carbonyl (C=O) groups is 1. The monoisotopic (exact) mass is 472 g/mol. The number of nitrogens with zero attached hydrogens (tertiary/aromatic N) is 3. The van der Waals surface area contributed by atoms with E-state index in [9.17, 15) is 10.1 Å². The van der Waals surface area contributed by atoms with E-state index in [1.165, 1.54) is 24.8 Å². The van der Waals surface area contributed by atoms with Gasteiger partial charge in [0, 0.05) is 24.3 Å². The SMILES string of the molecule is CC[C@]1(CN(C(=O)NCC2CCC2)c2ccc(C#N)cc2)CC[C@](c2ccccc2)(N(C)C)CC1. The second-order valence-corrected chi connectivity index (χ2v) is 10.9. The van der Waals surface area contributed by atoms with Crippen molar-refractivity contribution >= 4 is 11.7 Å². The molecule has 2 fully saturated rings. The van der Waals surface area contributed by atoms with Crippen molar-refractivity contribution in [1.29, 1.82) is 5.26 Å². The van der Waals surface area contributed by atoms with Crippen molar-refractivity contribution in [2.24, 2.45) is 11.3 Å². The fourth-order valence-electron chi connectivity index (χ4n) is 5.92. The van der Waals surface area contributed by atoms with Gasteiger partial charge in [-0.2, -0.15) is 5.26 Å². The van der Waals surface area contributed by atoms with Gasteiger partial charge in [0.2, 0.25) is 0 Å². The molecule has 186 valence electrons. The van der Waals surface area contributed by atoms with E-state index in [4.69, 9.17) is 0 Å². The number of hydrogen-bond donors (Lipinski definition) is 1. The minimum atomic E-state index is -0.0121. The third kappa shape index (κ3) is 5.38. The predicted octanol–water partition coefficient (Wildman–Crippen LogP) is 6.30. The lowest BCUT2D eigenvalue weighted by atomic mass is 9.63. The second-order valence-electron chi connectivity index (χ2n) is 10.9. The highest BCUT2D eigenvalue weighted by molar-refractivity contribution is 5.92. The molecule has 4 rings (SSSR count). The van der Waals surface area contributed by atoms with E-state index >= 15 is 0 Å². The van der Waals surface area contributed by atoms with Gasteiger partial charge >= 0.3 is 6.03 Å². The Labute approximate surface area is 211 Å². The summed E-state index contributed by atoms with van der Waals surface area (Å²) in [6.07, 6.45) is 9.01. The summed E-state index contributed by atoms with van der Waals surface area (Å²) >= 11 is 0. The Balaban J connectivity index is 1.55. The second kappa shape index (κ2) is 10.8. The standard InChI is InChI=1S/C30H40N4O/c1-4-29(17-19-30(20-18-29,33(2)3)26-11-6-5-7-12-26)23-34(27-15-13-24(21-31)14-16-27)28(35)32-22-25-9-8-10-25/h5-7,11-16,25H,4,8-10,17-20,22-23H2,1-3H3,(H,32,35)/t29-,30-. The molecular formula is C30H40N4O. The van der Waals surface area contributed by atoms with Crippen molar-refractivity contribution in [3.8, 4) is 6.07 Å². The van der Waals surface area contributed by atoms with Crippen LogP contribution in [0.1, 0.15) is 69.4 Å². The highest BCUT2D eigenvalue weighted by atomic mass is 16.2. The normalized spacial score (nSPS) is 24.4. The van der Waals surface area contributed by atoms with Crippen LogP contribution < -0.4 is 10.2 Å². The zero-order chi connectivity index (χ0) is 24.9. The number of carbonyl (C=O) groups excluding carboxylic acids is 1. The molecule has 0 saturated heterocycles. The molecule has 0 bridgehead atoms. The van der Waals surface area contributed by atoms with E-state index in [2.05, 4.69) is 67.6 Å². The van der Waals surface area contributed by atoms with Gasteiger partial charge in [0.15, 0.2) is 0 Å². The van der Waals surface area contributed by atoms with Crippen LogP contribution in [0.3, 0.4) is 0 Å². The lowest BCUT2D eigenvalue weighted by Gasteiger charge is -2.51. The van der Waals surface area contributed by atoms with E-state index < -0.39 is 0 Å². The molecule has 0 aliphatic heterocycles. The zero-order valence-electron chi connectivity index (χ0n) is 21.6. The molecule has 35 heavy (non-hydrogen) atoms. The molecule has 1 N–H and O–H groups in total. The van der Waals surface area contributed by atoms with Gasteiger partial charge in [0.05, 0.1) is 11.6 Å². The van der Waals surface area contributed by atoms with Crippen LogP contribution in [-0.4, -0.2) is 38.1 Å². The predicted molar refractivity (Wildman–Crippen MR) is 142 cm³/mol. The summed E-state index contributed by atoms with van der Waals surface area (Å²) in [7, 11) is 4.39. The highest BCUT2D eigenvalue weighted by Crippen LogP contribution is 2.50. The van der Waals surface area contributed by atoms with Crippen LogP contribution in [0.2, 0.25) is 0 Å². The lowest BCUT2D eigenvalue weighted by Crippen LogP contribution is -2.52. The molecule has 2 aliphatic rings. The van der Waals surface area contributed by atoms with Gasteiger partial charge in [-0.25, -0.2) is 4.79 Å². The molecule has 0 radical (unpaired) electrons. The van der Waals surface area contributed by atoms with Crippen LogP contribution >= 0.6 is 0 Å². The van der Waals surface area contributed by atoms with Gasteiger partial charge in [-0.3, -0.25) is 9.80 Å². The maximum atomic E-state index is 13.5. The van der Waals surface area contributed by atoms with Crippen molar-refractivity contribution in [2.45, 2.75) is 63.8 Å². The van der Waals surface area contributed by atoms with Crippen molar-refractivity contribution in [3.63, 3.8) is 0 Å². The van der Waals surface area contributed by atoms with Crippen LogP contribution in [0.25, 0.3) is 0 Å². The van der Waals surface area contributed by atoms with Crippen molar-refractivity contribution < 1.29 is 4.79 Å². The van der Waals surface area contributed by atoms with E-state index in [-0.39, 0.29) is 17.0 Å². The number of benzene rings is 2. The average molecular weight is 473 g/mol. The quantitative estimate of drug-likeness (QED) is 0.490. The summed E-state index contributed by atoms with van der Waals surface area (Å²) in [5.74, 6) is 0.614. The van der Waals surface area contributed by atoms with Gasteiger partial charge < -0.3 is 5.32 Å². The fourth-order valence-corrected chi connectivity index (χ4v) is 5.92. The number of nitriles is 1. The summed E-state index contributed by atoms with van der Waals surface area (Å²) in [6.45, 7) is 3.72. The van der Waals surface area contributed by atoms with Crippen LogP contribution in [-0.2, 0) is 5.54 Å². The molecule has 0 unspecified atom stereocenters. The Hall–Kier alpha value is -2.84. The summed E-state index contributed by atoms with van der Waals surface area (Å²) < 4.78 is 0. The molecule has 2 aliphatic carbocycles. The third-order valence-corrected chi connectivity index (χ3v) is 8.87. The Kier molecular flexibility index (Phi) is 7.82. The largest absolute Gasteiger partial charge is 0.337 e. The van der Waals surface area contributed by atoms with Gasteiger partial charge in [-0.05, 0) is 100 Å². The van der Waals surface area contributed by atoms with E-state index in [0.717, 1.165) is 44.3 Å². The fraction of sp³-hybridized carbons (Fsp3) is 0.533. The molecule has 2 aromatic carbocycles. The summed E-state index contributed by atoms with van der Waals surface area (Å²) in [5.41, 5.74) is 2.97. The molecule has 0 aromatic heterocycles. The molecule has 2 amide bonds. The van der Waals surface area contributed by atoms with Crippen LogP contribution in [0.5, 0.6) is 0 Å². The molecule has 0 atom stereocenters. The first kappa shape index (κ1) is 25.3. The molecular weight excluding hydrogens is 432 g/mol. The van der Waals surface area contributed by atoms with E-state index in [1.807, 2.05) is 29.2 Å². The smallest absolute Gasteiger partial charge is 0.321 e. The Bertz CT molecular complexity index is 1010. The van der Waals surface area contributed by atoms with Crippen molar-refractivity contribution in [2.75, 3.05) is 32.1 Å². The Morgan fingerprint density at radius 1 is 1.03 bits per heavy atom. The molecule has 2 saturated carbocycles. The number of urea groups is 1. The van der Waals surface area contributed by atoms with Crippen molar-refractivity contribution in [3.05, 3.63) is 65.7 Å². The molecule has 0 spiro atoms. The van der Waals surface area contributed by atoms with E-state index in [0.29, 0.717) is 18.0 Å². The zero-order valence-corrected chi connectivity index (χ0v) is 21.6. The number of amides is 2. The average Bonchev–Trinajstić information content (AvgIpc) is 2.87. The maximum absolute atomic E-state index is 13.5. The Morgan fingerprint density at radius 3 is 2.20 bits per heavy atom. The number of nitrogens with one attached hydrogen (secondary N) is 1. The van der Waals surface area contributed by atoms with Crippen LogP contribution in [0, 0.1) is 22.7 Å². The highest BCUT2D eigenvalue weighted by Gasteiger charge is 2.45. The van der Waals surface area contributed by atoms with Gasteiger partial charge in [-0.15, -0.1) is 0 Å². The molecule has 5 heteroatoms. The van der Waals surface area contributed by atoms with E-state index in [1.54, 1.807) is 0 Å². The van der Waals surface area contributed by atoms with Gasteiger partial charge in [0.25, 0.3) is 0 Å². The first-order chi connectivity index (χ1) is 16.9. The maximum Gasteiger partial charge on any atom is 0.321 e. The number of anilines is 1. The lowest BCUT2D eigenvalue weighted by molar-refractivity contribution is 0.0360. The summed E-state index contributed by atoms with van der Waals surface area (Å²) in [5, 5.41) is 12.5. The summed E-state index contributed by atoms with van der Waals surface area (Å²) in [4.78, 5) is 17.8. The molecule has 2 aromatic rings. The summed E-state index contributed by atoms with van der Waals surface area (Å²) in [6, 6.07) is 20.5. The van der Waals surface area contributed by atoms with Crippen LogP contribution in [0.4, 0.5) is 10.5 Å². The molecule has 0 heterocycles. The van der Waals surface area contributed by atoms with Crippen molar-refractivity contribution in [1.82, 2.24) is 10.2 Å². The Morgan fingerprint density at radius 2 is 1.69 bits per heavy atom. The minimum absolute atomic E-state index is 0.0121. The first-order valence-electron chi connectivity index (χ1n) is 13.2. The number of hydrogen-bond acceptors (Lipinski definition) is 3. The topological polar surface area (TPSA) is 59.4 Å². The third-order valence-electron chi connectivity index (χ3n) is 8.87. The van der Waals surface area contributed by atoms with Gasteiger partial charge in [0.1, 0.15) is 0 Å².